The first-order chi connectivity index (χ1) is 15.4. The van der Waals surface area contributed by atoms with E-state index in [1.807, 2.05) is 31.2 Å². The maximum Gasteiger partial charge on any atom is 0.220 e. The molecule has 1 fully saturated rings. The van der Waals surface area contributed by atoms with E-state index in [0.717, 1.165) is 36.0 Å². The number of likely N-dealkylation sites (tertiary alicyclic amines) is 1. The summed E-state index contributed by atoms with van der Waals surface area (Å²) in [7, 11) is 0. The molecule has 0 saturated carbocycles. The lowest BCUT2D eigenvalue weighted by Gasteiger charge is -2.31. The molecule has 1 unspecified atom stereocenters. The highest BCUT2D eigenvalue weighted by Crippen LogP contribution is 2.20. The Kier molecular flexibility index (Phi) is 9.18. The van der Waals surface area contributed by atoms with Gasteiger partial charge in [0.25, 0.3) is 0 Å². The van der Waals surface area contributed by atoms with E-state index in [1.165, 1.54) is 29.7 Å². The number of ketones is 2. The van der Waals surface area contributed by atoms with Crippen molar-refractivity contribution in [2.45, 2.75) is 65.5 Å². The molecule has 1 saturated heterocycles. The van der Waals surface area contributed by atoms with E-state index in [-0.39, 0.29) is 43.2 Å². The molecule has 1 aliphatic rings. The molecular weight excluding hydrogens is 420 g/mol. The summed E-state index contributed by atoms with van der Waals surface area (Å²) < 4.78 is 0. The number of rotatable bonds is 11. The Morgan fingerprint density at radius 1 is 1.03 bits per heavy atom. The van der Waals surface area contributed by atoms with E-state index in [0.29, 0.717) is 11.4 Å². The molecule has 0 spiro atoms. The number of carbonyl (C=O) groups is 3. The number of aryl methyl sites for hydroxylation is 1. The van der Waals surface area contributed by atoms with E-state index in [1.54, 1.807) is 0 Å². The van der Waals surface area contributed by atoms with Crippen LogP contribution >= 0.6 is 11.3 Å². The van der Waals surface area contributed by atoms with Gasteiger partial charge in [-0.3, -0.25) is 19.3 Å². The van der Waals surface area contributed by atoms with Gasteiger partial charge in [-0.15, -0.1) is 11.3 Å². The third-order valence-corrected chi connectivity index (χ3v) is 7.05. The Balaban J connectivity index is 1.39. The molecule has 6 heteroatoms. The summed E-state index contributed by atoms with van der Waals surface area (Å²) in [4.78, 5) is 40.8. The number of hydrogen-bond acceptors (Lipinski definition) is 5. The lowest BCUT2D eigenvalue weighted by molar-refractivity contribution is -0.125. The van der Waals surface area contributed by atoms with Gasteiger partial charge >= 0.3 is 0 Å². The number of hydrogen-bond donors (Lipinski definition) is 1. The van der Waals surface area contributed by atoms with Crippen molar-refractivity contribution in [2.24, 2.45) is 5.92 Å². The lowest BCUT2D eigenvalue weighted by Crippen LogP contribution is -2.34. The summed E-state index contributed by atoms with van der Waals surface area (Å²) in [5, 5.41) is 2.96. The second-order valence-electron chi connectivity index (χ2n) is 8.90. The highest BCUT2D eigenvalue weighted by Gasteiger charge is 2.17. The van der Waals surface area contributed by atoms with Gasteiger partial charge in [-0.2, -0.15) is 0 Å². The van der Waals surface area contributed by atoms with Crippen LogP contribution in [0.1, 0.15) is 71.1 Å². The van der Waals surface area contributed by atoms with Gasteiger partial charge in [0.1, 0.15) is 5.78 Å². The zero-order valence-electron chi connectivity index (χ0n) is 19.2. The van der Waals surface area contributed by atoms with Crippen molar-refractivity contribution in [2.75, 3.05) is 13.1 Å². The number of nitrogens with one attached hydrogen (secondary N) is 1. The predicted octanol–water partition coefficient (Wildman–Crippen LogP) is 4.92. The maximum atomic E-state index is 12.3. The van der Waals surface area contributed by atoms with Crippen LogP contribution in [-0.2, 0) is 22.7 Å². The molecule has 172 valence electrons. The Morgan fingerprint density at radius 2 is 1.78 bits per heavy atom. The highest BCUT2D eigenvalue weighted by atomic mass is 32.1. The van der Waals surface area contributed by atoms with Crippen molar-refractivity contribution in [1.82, 2.24) is 10.2 Å². The minimum absolute atomic E-state index is 0.000563. The first kappa shape index (κ1) is 24.3. The Morgan fingerprint density at radius 3 is 2.50 bits per heavy atom. The SMILES string of the molecule is Cc1ccc(C(=O)CCC(=O)CCC(=O)NCc2ccccc2CN2CCCC(C)C2)s1. The Labute approximate surface area is 195 Å². The van der Waals surface area contributed by atoms with Gasteiger partial charge in [0.15, 0.2) is 5.78 Å². The average molecular weight is 455 g/mol. The molecule has 0 radical (unpaired) electrons. The van der Waals surface area contributed by atoms with E-state index >= 15 is 0 Å². The fourth-order valence-corrected chi connectivity index (χ4v) is 5.01. The molecule has 1 aromatic heterocycles. The predicted molar refractivity (Wildman–Crippen MR) is 129 cm³/mol. The van der Waals surface area contributed by atoms with Gasteiger partial charge in [0, 0.05) is 50.2 Å². The van der Waals surface area contributed by atoms with Crippen molar-refractivity contribution in [1.29, 1.82) is 0 Å². The van der Waals surface area contributed by atoms with Crippen LogP contribution in [0.3, 0.4) is 0 Å². The van der Waals surface area contributed by atoms with E-state index in [2.05, 4.69) is 29.3 Å². The largest absolute Gasteiger partial charge is 0.352 e. The average Bonchev–Trinajstić information content (AvgIpc) is 3.22. The third kappa shape index (κ3) is 7.68. The summed E-state index contributed by atoms with van der Waals surface area (Å²) in [6.45, 7) is 7.89. The fraction of sp³-hybridized carbons (Fsp3) is 0.500. The first-order valence-corrected chi connectivity index (χ1v) is 12.4. The van der Waals surface area contributed by atoms with E-state index in [4.69, 9.17) is 0 Å². The van der Waals surface area contributed by atoms with Gasteiger partial charge in [0.05, 0.1) is 4.88 Å². The second kappa shape index (κ2) is 12.1. The van der Waals surface area contributed by atoms with Crippen LogP contribution in [0.5, 0.6) is 0 Å². The van der Waals surface area contributed by atoms with Gasteiger partial charge in [-0.05, 0) is 55.5 Å². The van der Waals surface area contributed by atoms with Crippen molar-refractivity contribution in [3.05, 3.63) is 57.3 Å². The summed E-state index contributed by atoms with van der Waals surface area (Å²) >= 11 is 1.45. The quantitative estimate of drug-likeness (QED) is 0.490. The topological polar surface area (TPSA) is 66.5 Å². The van der Waals surface area contributed by atoms with Crippen molar-refractivity contribution in [3.63, 3.8) is 0 Å². The minimum Gasteiger partial charge on any atom is -0.352 e. The van der Waals surface area contributed by atoms with Crippen molar-refractivity contribution >= 4 is 28.8 Å². The zero-order valence-corrected chi connectivity index (χ0v) is 20.0. The molecule has 2 heterocycles. The molecule has 32 heavy (non-hydrogen) atoms. The lowest BCUT2D eigenvalue weighted by atomic mass is 9.99. The van der Waals surface area contributed by atoms with Crippen LogP contribution in [0.15, 0.2) is 36.4 Å². The molecule has 1 aromatic carbocycles. The number of nitrogens with zero attached hydrogens (tertiary/aromatic N) is 1. The summed E-state index contributed by atoms with van der Waals surface area (Å²) in [6.07, 6.45) is 3.29. The van der Waals surface area contributed by atoms with Crippen LogP contribution in [0.25, 0.3) is 0 Å². The van der Waals surface area contributed by atoms with Gasteiger partial charge < -0.3 is 5.32 Å². The maximum absolute atomic E-state index is 12.3. The third-order valence-electron chi connectivity index (χ3n) is 6.01. The monoisotopic (exact) mass is 454 g/mol. The van der Waals surface area contributed by atoms with Crippen LogP contribution in [0.2, 0.25) is 0 Å². The molecule has 0 bridgehead atoms. The minimum atomic E-state index is -0.125. The van der Waals surface area contributed by atoms with Gasteiger partial charge in [-0.1, -0.05) is 31.2 Å². The molecule has 1 N–H and O–H groups in total. The standard InChI is InChI=1S/C26H34N2O3S/c1-19-6-5-15-28(17-19)18-22-8-4-3-7-21(22)16-27-26(31)14-11-23(29)10-12-24(30)25-13-9-20(2)32-25/h3-4,7-9,13,19H,5-6,10-12,14-18H2,1-2H3,(H,27,31). The molecular formula is C26H34N2O3S. The molecule has 2 aromatic rings. The summed E-state index contributed by atoms with van der Waals surface area (Å²) in [5.41, 5.74) is 2.38. The normalized spacial score (nSPS) is 16.6. The van der Waals surface area contributed by atoms with Crippen LogP contribution in [-0.4, -0.2) is 35.5 Å². The highest BCUT2D eigenvalue weighted by molar-refractivity contribution is 7.14. The smallest absolute Gasteiger partial charge is 0.220 e. The molecule has 3 rings (SSSR count). The van der Waals surface area contributed by atoms with Gasteiger partial charge in [0.2, 0.25) is 5.91 Å². The van der Waals surface area contributed by atoms with Crippen LogP contribution < -0.4 is 5.32 Å². The van der Waals surface area contributed by atoms with Crippen LogP contribution in [0.4, 0.5) is 0 Å². The number of Topliss-reactive ketones (excluding diaryl/α,β-unsaturated/α-hetero) is 2. The molecule has 1 amide bonds. The first-order valence-electron chi connectivity index (χ1n) is 11.6. The molecule has 1 aliphatic heterocycles. The summed E-state index contributed by atoms with van der Waals surface area (Å²) in [5.74, 6) is 0.569. The zero-order chi connectivity index (χ0) is 22.9. The van der Waals surface area contributed by atoms with E-state index < -0.39 is 0 Å². The van der Waals surface area contributed by atoms with Crippen molar-refractivity contribution in [3.8, 4) is 0 Å². The number of thiophene rings is 1. The second-order valence-corrected chi connectivity index (χ2v) is 10.2. The Bertz CT molecular complexity index is 937. The Hall–Kier alpha value is -2.31. The molecule has 0 aliphatic carbocycles. The molecule has 1 atom stereocenters. The van der Waals surface area contributed by atoms with Crippen LogP contribution in [0, 0.1) is 12.8 Å². The van der Waals surface area contributed by atoms with Gasteiger partial charge in [-0.25, -0.2) is 0 Å². The van der Waals surface area contributed by atoms with Crippen molar-refractivity contribution < 1.29 is 14.4 Å². The molecule has 5 nitrogen and oxygen atoms in total. The number of amides is 1. The fourth-order valence-electron chi connectivity index (χ4n) is 4.18. The number of carbonyl (C=O) groups excluding carboxylic acids is 3. The number of piperidine rings is 1. The van der Waals surface area contributed by atoms with E-state index in [9.17, 15) is 14.4 Å². The number of benzene rings is 1. The summed E-state index contributed by atoms with van der Waals surface area (Å²) in [6, 6.07) is 12.0.